The molecule has 1 amide bonds. The number of anilines is 1. The van der Waals surface area contributed by atoms with Gasteiger partial charge in [-0.05, 0) is 31.8 Å². The third kappa shape index (κ3) is 4.70. The minimum atomic E-state index is 0.301. The van der Waals surface area contributed by atoms with Crippen LogP contribution >= 0.6 is 11.3 Å². The second-order valence-corrected chi connectivity index (χ2v) is 8.26. The number of nitrogens with zero attached hydrogens (tertiary/aromatic N) is 4. The number of likely N-dealkylation sites (tertiary alicyclic amines) is 1. The molecular weight excluding hydrogens is 320 g/mol. The Morgan fingerprint density at radius 1 is 1.12 bits per heavy atom. The zero-order valence-electron chi connectivity index (χ0n) is 15.0. The monoisotopic (exact) mass is 350 g/mol. The van der Waals surface area contributed by atoms with Gasteiger partial charge in [-0.25, -0.2) is 4.98 Å². The number of hydrogen-bond acceptors (Lipinski definition) is 5. The van der Waals surface area contributed by atoms with Gasteiger partial charge in [-0.3, -0.25) is 9.69 Å². The Bertz CT molecular complexity index is 531. The lowest BCUT2D eigenvalue weighted by Crippen LogP contribution is -2.49. The van der Waals surface area contributed by atoms with E-state index in [9.17, 15) is 4.79 Å². The zero-order valence-corrected chi connectivity index (χ0v) is 15.9. The van der Waals surface area contributed by atoms with Crippen molar-refractivity contribution in [3.05, 3.63) is 11.1 Å². The van der Waals surface area contributed by atoms with Crippen molar-refractivity contribution in [3.8, 4) is 0 Å². The topological polar surface area (TPSA) is 39.7 Å². The van der Waals surface area contributed by atoms with Crippen LogP contribution in [0, 0.1) is 5.92 Å². The zero-order chi connectivity index (χ0) is 16.9. The maximum Gasteiger partial charge on any atom is 0.222 e. The Morgan fingerprint density at radius 3 is 2.50 bits per heavy atom. The molecule has 0 aliphatic carbocycles. The number of rotatable bonds is 5. The van der Waals surface area contributed by atoms with Crippen molar-refractivity contribution < 1.29 is 4.79 Å². The van der Waals surface area contributed by atoms with Gasteiger partial charge >= 0.3 is 0 Å². The fraction of sp³-hybridized carbons (Fsp3) is 0.778. The SMILES string of the molecule is CC(C)CC(=O)N1CCN(c2nc(CN3CCCCC3)cs2)CC1. The Kier molecular flexibility index (Phi) is 6.11. The highest BCUT2D eigenvalue weighted by atomic mass is 32.1. The van der Waals surface area contributed by atoms with Gasteiger partial charge in [-0.1, -0.05) is 20.3 Å². The summed E-state index contributed by atoms with van der Waals surface area (Å²) < 4.78 is 0. The van der Waals surface area contributed by atoms with Crippen LogP contribution in [0.25, 0.3) is 0 Å². The first-order valence-electron chi connectivity index (χ1n) is 9.31. The van der Waals surface area contributed by atoms with Gasteiger partial charge in [-0.15, -0.1) is 11.3 Å². The summed E-state index contributed by atoms with van der Waals surface area (Å²) in [7, 11) is 0. The maximum absolute atomic E-state index is 12.2. The molecule has 24 heavy (non-hydrogen) atoms. The highest BCUT2D eigenvalue weighted by Gasteiger charge is 2.23. The van der Waals surface area contributed by atoms with E-state index in [1.807, 2.05) is 4.90 Å². The van der Waals surface area contributed by atoms with Crippen LogP contribution < -0.4 is 4.90 Å². The Hall–Kier alpha value is -1.14. The number of hydrogen-bond donors (Lipinski definition) is 0. The lowest BCUT2D eigenvalue weighted by molar-refractivity contribution is -0.132. The van der Waals surface area contributed by atoms with Crippen LogP contribution in [-0.2, 0) is 11.3 Å². The fourth-order valence-corrected chi connectivity index (χ4v) is 4.36. The first-order chi connectivity index (χ1) is 11.6. The number of amides is 1. The van der Waals surface area contributed by atoms with Gasteiger partial charge in [0.15, 0.2) is 5.13 Å². The number of piperazine rings is 1. The molecule has 0 atom stereocenters. The van der Waals surface area contributed by atoms with Crippen LogP contribution in [0.1, 0.15) is 45.2 Å². The van der Waals surface area contributed by atoms with Crippen LogP contribution in [0.15, 0.2) is 5.38 Å². The molecule has 0 spiro atoms. The summed E-state index contributed by atoms with van der Waals surface area (Å²) in [6.45, 7) is 11.1. The molecule has 2 fully saturated rings. The summed E-state index contributed by atoms with van der Waals surface area (Å²) in [5.74, 6) is 0.737. The summed E-state index contributed by atoms with van der Waals surface area (Å²) in [6, 6.07) is 0. The second-order valence-electron chi connectivity index (χ2n) is 7.42. The van der Waals surface area contributed by atoms with Gasteiger partial charge in [0.25, 0.3) is 0 Å². The van der Waals surface area contributed by atoms with Gasteiger partial charge in [-0.2, -0.15) is 0 Å². The van der Waals surface area contributed by atoms with Crippen molar-refractivity contribution in [1.82, 2.24) is 14.8 Å². The molecule has 1 aromatic heterocycles. The van der Waals surface area contributed by atoms with E-state index < -0.39 is 0 Å². The predicted octanol–water partition coefficient (Wildman–Crippen LogP) is 2.82. The van der Waals surface area contributed by atoms with E-state index in [0.29, 0.717) is 18.2 Å². The Morgan fingerprint density at radius 2 is 1.83 bits per heavy atom. The molecule has 0 saturated carbocycles. The third-order valence-electron chi connectivity index (χ3n) is 4.86. The van der Waals surface area contributed by atoms with Crippen LogP contribution in [0.3, 0.4) is 0 Å². The Labute approximate surface area is 149 Å². The van der Waals surface area contributed by atoms with Crippen LogP contribution in [0.4, 0.5) is 5.13 Å². The van der Waals surface area contributed by atoms with E-state index in [2.05, 4.69) is 29.0 Å². The van der Waals surface area contributed by atoms with Gasteiger partial charge in [0, 0.05) is 44.5 Å². The largest absolute Gasteiger partial charge is 0.345 e. The minimum Gasteiger partial charge on any atom is -0.345 e. The molecule has 2 saturated heterocycles. The Balaban J connectivity index is 1.49. The van der Waals surface area contributed by atoms with E-state index in [0.717, 1.165) is 37.9 Å². The average molecular weight is 351 g/mol. The molecule has 2 aliphatic heterocycles. The standard InChI is InChI=1S/C18H30N4OS/c1-15(2)12-17(23)21-8-10-22(11-9-21)18-19-16(14-24-18)13-20-6-4-3-5-7-20/h14-15H,3-13H2,1-2H3. The van der Waals surface area contributed by atoms with Gasteiger partial charge in [0.1, 0.15) is 0 Å². The summed E-state index contributed by atoms with van der Waals surface area (Å²) >= 11 is 1.75. The summed E-state index contributed by atoms with van der Waals surface area (Å²) in [5, 5.41) is 3.33. The number of piperidine rings is 1. The van der Waals surface area contributed by atoms with Crippen LogP contribution in [0.5, 0.6) is 0 Å². The number of aromatic nitrogens is 1. The predicted molar refractivity (Wildman–Crippen MR) is 99.5 cm³/mol. The van der Waals surface area contributed by atoms with Gasteiger partial charge in [0.05, 0.1) is 5.69 Å². The first-order valence-corrected chi connectivity index (χ1v) is 10.2. The normalized spacial score (nSPS) is 20.0. The molecule has 2 aliphatic rings. The van der Waals surface area contributed by atoms with E-state index in [1.165, 1.54) is 38.0 Å². The molecule has 5 nitrogen and oxygen atoms in total. The second kappa shape index (κ2) is 8.30. The van der Waals surface area contributed by atoms with E-state index in [1.54, 1.807) is 11.3 Å². The van der Waals surface area contributed by atoms with Crippen molar-refractivity contribution in [2.24, 2.45) is 5.92 Å². The molecule has 0 bridgehead atoms. The van der Waals surface area contributed by atoms with Gasteiger partial charge < -0.3 is 9.80 Å². The highest BCUT2D eigenvalue weighted by Crippen LogP contribution is 2.23. The van der Waals surface area contributed by atoms with Crippen LogP contribution in [0.2, 0.25) is 0 Å². The maximum atomic E-state index is 12.2. The molecule has 1 aromatic rings. The van der Waals surface area contributed by atoms with E-state index >= 15 is 0 Å². The summed E-state index contributed by atoms with van der Waals surface area (Å²) in [5.41, 5.74) is 1.20. The fourth-order valence-electron chi connectivity index (χ4n) is 3.49. The lowest BCUT2D eigenvalue weighted by Gasteiger charge is -2.35. The smallest absolute Gasteiger partial charge is 0.222 e. The molecule has 6 heteroatoms. The summed E-state index contributed by atoms with van der Waals surface area (Å²) in [4.78, 5) is 23.9. The average Bonchev–Trinajstić information content (AvgIpc) is 3.04. The quantitative estimate of drug-likeness (QED) is 0.819. The molecular formula is C18H30N4OS. The molecule has 3 rings (SSSR count). The molecule has 3 heterocycles. The van der Waals surface area contributed by atoms with Crippen molar-refractivity contribution in [2.45, 2.75) is 46.1 Å². The van der Waals surface area contributed by atoms with Crippen LogP contribution in [-0.4, -0.2) is 60.0 Å². The van der Waals surface area contributed by atoms with Crippen molar-refractivity contribution >= 4 is 22.4 Å². The van der Waals surface area contributed by atoms with E-state index in [-0.39, 0.29) is 0 Å². The molecule has 0 N–H and O–H groups in total. The van der Waals surface area contributed by atoms with Crippen molar-refractivity contribution in [3.63, 3.8) is 0 Å². The molecule has 0 radical (unpaired) electrons. The van der Waals surface area contributed by atoms with Gasteiger partial charge in [0.2, 0.25) is 5.91 Å². The van der Waals surface area contributed by atoms with E-state index in [4.69, 9.17) is 4.98 Å². The third-order valence-corrected chi connectivity index (χ3v) is 5.81. The summed E-state index contributed by atoms with van der Waals surface area (Å²) in [6.07, 6.45) is 4.68. The molecule has 134 valence electrons. The van der Waals surface area contributed by atoms with Crippen molar-refractivity contribution in [1.29, 1.82) is 0 Å². The molecule has 0 unspecified atom stereocenters. The lowest BCUT2D eigenvalue weighted by atomic mass is 10.1. The minimum absolute atomic E-state index is 0.301. The number of carbonyl (C=O) groups excluding carboxylic acids is 1. The first kappa shape index (κ1) is 17.7. The van der Waals surface area contributed by atoms with Crippen molar-refractivity contribution in [2.75, 3.05) is 44.2 Å². The molecule has 0 aromatic carbocycles. The number of carbonyl (C=O) groups is 1. The number of thiazole rings is 1. The highest BCUT2D eigenvalue weighted by molar-refractivity contribution is 7.13.